The predicted molar refractivity (Wildman–Crippen MR) is 104 cm³/mol. The van der Waals surface area contributed by atoms with Gasteiger partial charge in [-0.1, -0.05) is 54.8 Å². The fourth-order valence-corrected chi connectivity index (χ4v) is 4.99. The first-order valence-corrected chi connectivity index (χ1v) is 10.1. The molecule has 2 aliphatic rings. The maximum absolute atomic E-state index is 13.4. The molecule has 2 heterocycles. The van der Waals surface area contributed by atoms with Crippen molar-refractivity contribution in [1.29, 1.82) is 0 Å². The lowest BCUT2D eigenvalue weighted by molar-refractivity contribution is 0.0390. The molecule has 1 aliphatic carbocycles. The lowest BCUT2D eigenvalue weighted by Gasteiger charge is -2.44. The topological polar surface area (TPSA) is 38.1 Å². The van der Waals surface area contributed by atoms with Crippen molar-refractivity contribution in [3.8, 4) is 0 Å². The van der Waals surface area contributed by atoms with Crippen LogP contribution in [0.1, 0.15) is 60.1 Å². The second-order valence-electron chi connectivity index (χ2n) is 7.65. The first-order chi connectivity index (χ1) is 12.6. The summed E-state index contributed by atoms with van der Waals surface area (Å²) in [4.78, 5) is 15.4. The van der Waals surface area contributed by atoms with E-state index in [0.717, 1.165) is 30.6 Å². The number of carbonyl (C=O) groups is 1. The number of halogens is 1. The number of nitrogens with zero attached hydrogens (tertiary/aromatic N) is 3. The van der Waals surface area contributed by atoms with Gasteiger partial charge < -0.3 is 4.90 Å². The van der Waals surface area contributed by atoms with Crippen LogP contribution in [0.15, 0.2) is 30.3 Å². The molecule has 4 nitrogen and oxygen atoms in total. The van der Waals surface area contributed by atoms with Gasteiger partial charge in [-0.15, -0.1) is 0 Å². The molecule has 2 atom stereocenters. The zero-order chi connectivity index (χ0) is 18.1. The Hall–Kier alpha value is -1.81. The Morgan fingerprint density at radius 1 is 1.15 bits per heavy atom. The summed E-state index contributed by atoms with van der Waals surface area (Å²) in [5, 5.41) is 5.03. The van der Waals surface area contributed by atoms with Gasteiger partial charge in [-0.3, -0.25) is 4.79 Å². The summed E-state index contributed by atoms with van der Waals surface area (Å²) in [7, 11) is 0. The van der Waals surface area contributed by atoms with Gasteiger partial charge >= 0.3 is 0 Å². The van der Waals surface area contributed by atoms with Crippen molar-refractivity contribution in [2.45, 2.75) is 58.0 Å². The summed E-state index contributed by atoms with van der Waals surface area (Å²) in [6, 6.07) is 10.5. The van der Waals surface area contributed by atoms with E-state index in [-0.39, 0.29) is 5.91 Å². The Morgan fingerprint density at radius 2 is 1.88 bits per heavy atom. The molecular weight excluding hydrogens is 346 g/mol. The first kappa shape index (κ1) is 17.6. The highest BCUT2D eigenvalue weighted by Crippen LogP contribution is 2.37. The molecule has 0 unspecified atom stereocenters. The molecule has 0 spiro atoms. The lowest BCUT2D eigenvalue weighted by Crippen LogP contribution is -2.49. The van der Waals surface area contributed by atoms with Crippen LogP contribution in [0.3, 0.4) is 0 Å². The van der Waals surface area contributed by atoms with Crippen LogP contribution in [0.5, 0.6) is 0 Å². The minimum atomic E-state index is 0.0726. The van der Waals surface area contributed by atoms with Crippen LogP contribution >= 0.6 is 11.6 Å². The van der Waals surface area contributed by atoms with Crippen LogP contribution in [-0.4, -0.2) is 33.2 Å². The molecule has 138 valence electrons. The van der Waals surface area contributed by atoms with Crippen LogP contribution in [-0.2, 0) is 6.54 Å². The molecule has 2 fully saturated rings. The van der Waals surface area contributed by atoms with Crippen LogP contribution in [0.4, 0.5) is 0 Å². The van der Waals surface area contributed by atoms with Crippen molar-refractivity contribution < 1.29 is 4.79 Å². The van der Waals surface area contributed by atoms with Crippen molar-refractivity contribution in [2.75, 3.05) is 6.54 Å². The average Bonchev–Trinajstić information content (AvgIpc) is 2.95. The van der Waals surface area contributed by atoms with E-state index in [4.69, 9.17) is 11.6 Å². The van der Waals surface area contributed by atoms with Crippen LogP contribution < -0.4 is 0 Å². The standard InChI is InChI=1S/C21H26ClN3O/c1-15-19(20(22)25(23-15)14-16-8-3-2-4-9-16)21(26)24-13-7-11-17-10-5-6-12-18(17)24/h2-4,8-9,17-18H,5-7,10-14H2,1H3/t17-,18-/m0/s1. The molecule has 4 rings (SSSR count). The number of aryl methyl sites for hydroxylation is 1. The number of amides is 1. The summed E-state index contributed by atoms with van der Waals surface area (Å²) >= 11 is 6.62. The van der Waals surface area contributed by atoms with Crippen molar-refractivity contribution in [3.63, 3.8) is 0 Å². The predicted octanol–water partition coefficient (Wildman–Crippen LogP) is 4.69. The van der Waals surface area contributed by atoms with Crippen LogP contribution in [0, 0.1) is 12.8 Å². The Labute approximate surface area is 160 Å². The van der Waals surface area contributed by atoms with E-state index in [1.54, 1.807) is 4.68 Å². The summed E-state index contributed by atoms with van der Waals surface area (Å²) < 4.78 is 1.75. The largest absolute Gasteiger partial charge is 0.335 e. The maximum Gasteiger partial charge on any atom is 0.259 e. The van der Waals surface area contributed by atoms with Crippen LogP contribution in [0.2, 0.25) is 5.15 Å². The number of rotatable bonds is 3. The van der Waals surface area contributed by atoms with E-state index in [9.17, 15) is 4.79 Å². The molecule has 0 N–H and O–H groups in total. The van der Waals surface area contributed by atoms with Gasteiger partial charge in [0.1, 0.15) is 5.15 Å². The number of hydrogen-bond acceptors (Lipinski definition) is 2. The summed E-state index contributed by atoms with van der Waals surface area (Å²) in [5.41, 5.74) is 2.45. The highest BCUT2D eigenvalue weighted by molar-refractivity contribution is 6.33. The normalized spacial score (nSPS) is 22.9. The number of aromatic nitrogens is 2. The number of benzene rings is 1. The van der Waals surface area contributed by atoms with Gasteiger partial charge in [-0.05, 0) is 44.1 Å². The molecule has 1 amide bonds. The minimum absolute atomic E-state index is 0.0726. The van der Waals surface area contributed by atoms with Gasteiger partial charge in [-0.2, -0.15) is 5.10 Å². The molecule has 1 saturated carbocycles. The fraction of sp³-hybridized carbons (Fsp3) is 0.524. The number of hydrogen-bond donors (Lipinski definition) is 0. The minimum Gasteiger partial charge on any atom is -0.335 e. The number of fused-ring (bicyclic) bond motifs is 1. The molecule has 1 aromatic carbocycles. The number of carbonyl (C=O) groups excluding carboxylic acids is 1. The Morgan fingerprint density at radius 3 is 2.69 bits per heavy atom. The zero-order valence-corrected chi connectivity index (χ0v) is 16.1. The van der Waals surface area contributed by atoms with Gasteiger partial charge in [0.2, 0.25) is 0 Å². The van der Waals surface area contributed by atoms with Crippen LogP contribution in [0.25, 0.3) is 0 Å². The monoisotopic (exact) mass is 371 g/mol. The lowest BCUT2D eigenvalue weighted by atomic mass is 9.78. The molecule has 1 saturated heterocycles. The average molecular weight is 372 g/mol. The maximum atomic E-state index is 13.4. The second kappa shape index (κ2) is 7.43. The first-order valence-electron chi connectivity index (χ1n) is 9.73. The van der Waals surface area contributed by atoms with E-state index in [1.165, 1.54) is 25.7 Å². The third-order valence-electron chi connectivity index (χ3n) is 5.96. The van der Waals surface area contributed by atoms with E-state index < -0.39 is 0 Å². The smallest absolute Gasteiger partial charge is 0.259 e. The van der Waals surface area contributed by atoms with Gasteiger partial charge in [0, 0.05) is 12.6 Å². The van der Waals surface area contributed by atoms with Crippen molar-refractivity contribution in [2.24, 2.45) is 5.92 Å². The molecule has 2 aromatic rings. The summed E-state index contributed by atoms with van der Waals surface area (Å²) in [6.07, 6.45) is 7.28. The van der Waals surface area contributed by atoms with E-state index >= 15 is 0 Å². The third-order valence-corrected chi connectivity index (χ3v) is 6.34. The summed E-state index contributed by atoms with van der Waals surface area (Å²) in [5.74, 6) is 0.739. The molecule has 0 radical (unpaired) electrons. The van der Waals surface area contributed by atoms with E-state index in [1.807, 2.05) is 37.3 Å². The Bertz CT molecular complexity index is 784. The van der Waals surface area contributed by atoms with Gasteiger partial charge in [0.05, 0.1) is 17.8 Å². The SMILES string of the molecule is Cc1nn(Cc2ccccc2)c(Cl)c1C(=O)N1CCC[C@@H]2CCCC[C@@H]21. The molecule has 1 aliphatic heterocycles. The Balaban J connectivity index is 1.60. The van der Waals surface area contributed by atoms with Crippen molar-refractivity contribution in [3.05, 3.63) is 52.3 Å². The zero-order valence-electron chi connectivity index (χ0n) is 15.3. The molecule has 0 bridgehead atoms. The fourth-order valence-electron chi connectivity index (χ4n) is 4.68. The highest BCUT2D eigenvalue weighted by Gasteiger charge is 2.37. The summed E-state index contributed by atoms with van der Waals surface area (Å²) in [6.45, 7) is 3.32. The number of piperidine rings is 1. The van der Waals surface area contributed by atoms with E-state index in [2.05, 4.69) is 10.00 Å². The molecule has 1 aromatic heterocycles. The van der Waals surface area contributed by atoms with Gasteiger partial charge in [0.25, 0.3) is 5.91 Å². The highest BCUT2D eigenvalue weighted by atomic mass is 35.5. The van der Waals surface area contributed by atoms with Crippen molar-refractivity contribution >= 4 is 17.5 Å². The van der Waals surface area contributed by atoms with E-state index in [0.29, 0.717) is 29.2 Å². The van der Waals surface area contributed by atoms with Gasteiger partial charge in [0.15, 0.2) is 0 Å². The molecular formula is C21H26ClN3O. The van der Waals surface area contributed by atoms with Gasteiger partial charge in [-0.25, -0.2) is 4.68 Å². The number of likely N-dealkylation sites (tertiary alicyclic amines) is 1. The second-order valence-corrected chi connectivity index (χ2v) is 8.01. The molecule has 26 heavy (non-hydrogen) atoms. The quantitative estimate of drug-likeness (QED) is 0.785. The Kier molecular flexibility index (Phi) is 5.03. The third kappa shape index (κ3) is 3.27. The van der Waals surface area contributed by atoms with Crippen molar-refractivity contribution in [1.82, 2.24) is 14.7 Å². The molecule has 5 heteroatoms.